The number of para-hydroxylation sites is 4. The maximum Gasteiger partial charge on any atom is 0.0755 e. The van der Waals surface area contributed by atoms with E-state index in [1.54, 1.807) is 0 Å². The molecular formula is C71H46N2. The van der Waals surface area contributed by atoms with Gasteiger partial charge in [0.25, 0.3) is 0 Å². The molecule has 0 fully saturated rings. The quantitative estimate of drug-likeness (QED) is 0.155. The van der Waals surface area contributed by atoms with Gasteiger partial charge in [-0.3, -0.25) is 0 Å². The van der Waals surface area contributed by atoms with Crippen LogP contribution in [0.2, 0.25) is 0 Å². The van der Waals surface area contributed by atoms with Crippen molar-refractivity contribution in [1.29, 1.82) is 0 Å². The largest absolute Gasteiger partial charge is 0.309 e. The number of anilines is 3. The van der Waals surface area contributed by atoms with E-state index in [9.17, 15) is 0 Å². The van der Waals surface area contributed by atoms with Gasteiger partial charge in [0.2, 0.25) is 0 Å². The topological polar surface area (TPSA) is 8.17 Å². The van der Waals surface area contributed by atoms with Gasteiger partial charge in [-0.05, 0) is 114 Å². The summed E-state index contributed by atoms with van der Waals surface area (Å²) in [5.74, 6) is 0. The summed E-state index contributed by atoms with van der Waals surface area (Å²) in [5.41, 5.74) is 23.7. The van der Waals surface area contributed by atoms with Gasteiger partial charge >= 0.3 is 0 Å². The molecule has 1 aromatic heterocycles. The van der Waals surface area contributed by atoms with Gasteiger partial charge < -0.3 is 9.47 Å². The standard InChI is InChI=1S/C71H46N2/c1-2-19-47(20-3-1)48-39-41-49(42-40-48)50-43-45-52(46-44-50)72(65-35-13-9-26-57(65)56-25-7-6-24-55(56)54-29-16-22-51-21-4-5-23-53(51)54)68-38-18-33-63-69(68)60-28-8-11-31-61(60)71(63)62-32-12-15-37-67(62)73-66-36-14-10-27-58(66)59-30-17-34-64(71)70(59)73/h1-46H. The van der Waals surface area contributed by atoms with Crippen LogP contribution in [0, 0.1) is 0 Å². The average molecular weight is 927 g/mol. The van der Waals surface area contributed by atoms with Crippen LogP contribution in [-0.4, -0.2) is 4.57 Å². The summed E-state index contributed by atoms with van der Waals surface area (Å²) < 4.78 is 2.53. The molecule has 73 heavy (non-hydrogen) atoms. The Morgan fingerprint density at radius 1 is 0.288 bits per heavy atom. The van der Waals surface area contributed by atoms with Crippen LogP contribution in [0.25, 0.3) is 93.9 Å². The van der Waals surface area contributed by atoms with Gasteiger partial charge in [0.1, 0.15) is 0 Å². The van der Waals surface area contributed by atoms with E-state index >= 15 is 0 Å². The van der Waals surface area contributed by atoms with Gasteiger partial charge in [-0.1, -0.05) is 243 Å². The summed E-state index contributed by atoms with van der Waals surface area (Å²) in [6.07, 6.45) is 0. The first-order valence-corrected chi connectivity index (χ1v) is 25.3. The Balaban J connectivity index is 0.985. The highest BCUT2D eigenvalue weighted by Gasteiger charge is 2.51. The van der Waals surface area contributed by atoms with E-state index in [1.165, 1.54) is 111 Å². The highest BCUT2D eigenvalue weighted by Crippen LogP contribution is 2.63. The minimum Gasteiger partial charge on any atom is -0.309 e. The molecule has 12 aromatic carbocycles. The Morgan fingerprint density at radius 3 is 1.58 bits per heavy atom. The second kappa shape index (κ2) is 16.3. The zero-order chi connectivity index (χ0) is 48.0. The van der Waals surface area contributed by atoms with Crippen LogP contribution in [0.5, 0.6) is 0 Å². The normalized spacial score (nSPS) is 14.1. The van der Waals surface area contributed by atoms with Gasteiger partial charge in [-0.15, -0.1) is 0 Å². The number of nitrogens with zero attached hydrogens (tertiary/aromatic N) is 2. The molecule has 1 unspecified atom stereocenters. The van der Waals surface area contributed by atoms with Gasteiger partial charge in [0.15, 0.2) is 0 Å². The Labute approximate surface area is 425 Å². The number of benzene rings is 12. The van der Waals surface area contributed by atoms with Gasteiger partial charge in [-0.2, -0.15) is 0 Å². The Bertz CT molecular complexity index is 4310. The smallest absolute Gasteiger partial charge is 0.0755 e. The molecule has 340 valence electrons. The molecule has 0 amide bonds. The second-order valence-electron chi connectivity index (χ2n) is 19.5. The Hall–Kier alpha value is -9.50. The van der Waals surface area contributed by atoms with Crippen LogP contribution in [0.4, 0.5) is 17.1 Å². The van der Waals surface area contributed by atoms with Crippen LogP contribution in [0.1, 0.15) is 22.3 Å². The number of fused-ring (bicyclic) bond motifs is 13. The lowest BCUT2D eigenvalue weighted by molar-refractivity contribution is 0.748. The summed E-state index contributed by atoms with van der Waals surface area (Å²) in [6.45, 7) is 0. The van der Waals surface area contributed by atoms with Crippen LogP contribution in [0.15, 0.2) is 279 Å². The Kier molecular flexibility index (Phi) is 9.21. The molecule has 2 nitrogen and oxygen atoms in total. The molecule has 2 heterocycles. The van der Waals surface area contributed by atoms with Crippen molar-refractivity contribution in [3.8, 4) is 61.3 Å². The van der Waals surface area contributed by atoms with Gasteiger partial charge in [0.05, 0.1) is 33.5 Å². The molecule has 1 atom stereocenters. The molecule has 2 aliphatic rings. The zero-order valence-corrected chi connectivity index (χ0v) is 40.0. The molecule has 0 bridgehead atoms. The fourth-order valence-corrected chi connectivity index (χ4v) is 12.8. The second-order valence-corrected chi connectivity index (χ2v) is 19.5. The molecule has 1 aliphatic heterocycles. The maximum atomic E-state index is 2.54. The minimum absolute atomic E-state index is 0.593. The van der Waals surface area contributed by atoms with Crippen LogP contribution in [-0.2, 0) is 5.41 Å². The third kappa shape index (κ3) is 6.05. The molecule has 1 aliphatic carbocycles. The van der Waals surface area contributed by atoms with Crippen molar-refractivity contribution >= 4 is 49.6 Å². The summed E-state index contributed by atoms with van der Waals surface area (Å²) in [4.78, 5) is 2.54. The maximum absolute atomic E-state index is 2.54. The molecule has 0 saturated heterocycles. The molecule has 0 N–H and O–H groups in total. The summed E-state index contributed by atoms with van der Waals surface area (Å²) in [5, 5.41) is 5.02. The van der Waals surface area contributed by atoms with Crippen molar-refractivity contribution in [2.75, 3.05) is 4.90 Å². The predicted molar refractivity (Wildman–Crippen MR) is 306 cm³/mol. The number of hydrogen-bond acceptors (Lipinski definition) is 1. The fourth-order valence-electron chi connectivity index (χ4n) is 12.8. The zero-order valence-electron chi connectivity index (χ0n) is 40.0. The van der Waals surface area contributed by atoms with E-state index < -0.39 is 5.41 Å². The van der Waals surface area contributed by atoms with Crippen molar-refractivity contribution in [3.63, 3.8) is 0 Å². The first-order chi connectivity index (χ1) is 36.3. The van der Waals surface area contributed by atoms with Gasteiger partial charge in [0, 0.05) is 27.6 Å². The lowest BCUT2D eigenvalue weighted by atomic mass is 9.65. The minimum atomic E-state index is -0.593. The third-order valence-corrected chi connectivity index (χ3v) is 15.8. The monoisotopic (exact) mass is 926 g/mol. The van der Waals surface area contributed by atoms with Crippen molar-refractivity contribution < 1.29 is 0 Å². The van der Waals surface area contributed by atoms with Crippen molar-refractivity contribution in [1.82, 2.24) is 4.57 Å². The van der Waals surface area contributed by atoms with E-state index in [-0.39, 0.29) is 0 Å². The number of aromatic nitrogens is 1. The van der Waals surface area contributed by atoms with Gasteiger partial charge in [-0.25, -0.2) is 0 Å². The molecule has 13 aromatic rings. The lowest BCUT2D eigenvalue weighted by Gasteiger charge is -2.39. The van der Waals surface area contributed by atoms with E-state index in [0.29, 0.717) is 0 Å². The first-order valence-electron chi connectivity index (χ1n) is 25.3. The summed E-state index contributed by atoms with van der Waals surface area (Å²) >= 11 is 0. The summed E-state index contributed by atoms with van der Waals surface area (Å²) in [7, 11) is 0. The van der Waals surface area contributed by atoms with Crippen molar-refractivity contribution in [2.24, 2.45) is 0 Å². The van der Waals surface area contributed by atoms with E-state index in [1.807, 2.05) is 0 Å². The Morgan fingerprint density at radius 2 is 0.781 bits per heavy atom. The molecule has 1 spiro atoms. The number of hydrogen-bond donors (Lipinski definition) is 0. The average Bonchev–Trinajstić information content (AvgIpc) is 3.97. The van der Waals surface area contributed by atoms with E-state index in [4.69, 9.17) is 0 Å². The molecule has 2 heteroatoms. The van der Waals surface area contributed by atoms with Crippen LogP contribution in [0.3, 0.4) is 0 Å². The predicted octanol–water partition coefficient (Wildman–Crippen LogP) is 18.8. The molecular weight excluding hydrogens is 881 g/mol. The molecule has 15 rings (SSSR count). The molecule has 0 radical (unpaired) electrons. The summed E-state index contributed by atoms with van der Waals surface area (Å²) in [6, 6.07) is 104. The first kappa shape index (κ1) is 41.3. The van der Waals surface area contributed by atoms with Crippen LogP contribution >= 0.6 is 0 Å². The van der Waals surface area contributed by atoms with Crippen molar-refractivity contribution in [2.45, 2.75) is 5.41 Å². The molecule has 0 saturated carbocycles. The highest BCUT2D eigenvalue weighted by atomic mass is 15.1. The number of rotatable bonds is 7. The van der Waals surface area contributed by atoms with E-state index in [0.717, 1.165) is 22.6 Å². The SMILES string of the molecule is c1ccc(-c2ccc(-c3ccc(N(c4ccccc4-c4ccccc4-c4cccc5ccccc45)c4cccc5c4-c4ccccc4C54c5ccccc5-n5c6ccccc6c6cccc4c65)cc3)cc2)cc1. The third-order valence-electron chi connectivity index (χ3n) is 15.8. The highest BCUT2D eigenvalue weighted by molar-refractivity contribution is 6.13. The lowest BCUT2D eigenvalue weighted by Crippen LogP contribution is -2.33. The van der Waals surface area contributed by atoms with E-state index in [2.05, 4.69) is 289 Å². The van der Waals surface area contributed by atoms with Crippen LogP contribution < -0.4 is 4.90 Å². The van der Waals surface area contributed by atoms with Crippen molar-refractivity contribution in [3.05, 3.63) is 301 Å². The fraction of sp³-hybridized carbons (Fsp3) is 0.0141.